The number of furan rings is 1. The summed E-state index contributed by atoms with van der Waals surface area (Å²) in [6, 6.07) is 16.0. The van der Waals surface area contributed by atoms with Crippen molar-refractivity contribution in [3.05, 3.63) is 76.7 Å². The summed E-state index contributed by atoms with van der Waals surface area (Å²) < 4.78 is 25.5. The molecule has 0 radical (unpaired) electrons. The van der Waals surface area contributed by atoms with Crippen LogP contribution < -0.4 is 15.6 Å². The van der Waals surface area contributed by atoms with E-state index >= 15 is 0 Å². The van der Waals surface area contributed by atoms with Gasteiger partial charge in [0.05, 0.1) is 5.56 Å². The van der Waals surface area contributed by atoms with Gasteiger partial charge in [-0.15, -0.1) is 0 Å². The van der Waals surface area contributed by atoms with Crippen LogP contribution in [-0.4, -0.2) is 17.9 Å². The van der Waals surface area contributed by atoms with Gasteiger partial charge in [0.25, 0.3) is 5.91 Å². The summed E-state index contributed by atoms with van der Waals surface area (Å²) in [4.78, 5) is 24.2. The van der Waals surface area contributed by atoms with Gasteiger partial charge in [-0.05, 0) is 49.4 Å². The smallest absolute Gasteiger partial charge is 0.305 e. The number of rotatable bonds is 5. The zero-order chi connectivity index (χ0) is 20.1. The maximum atomic E-state index is 13.8. The number of benzene rings is 2. The first-order chi connectivity index (χ1) is 13.4. The van der Waals surface area contributed by atoms with E-state index in [9.17, 15) is 14.0 Å². The minimum atomic E-state index is -0.847. The predicted molar refractivity (Wildman–Crippen MR) is 104 cm³/mol. The van der Waals surface area contributed by atoms with Gasteiger partial charge in [0.15, 0.2) is 11.9 Å². The number of ether oxygens (including phenoxy) is 1. The summed E-state index contributed by atoms with van der Waals surface area (Å²) in [5.74, 6) is -1.04. The Kier molecular flexibility index (Phi) is 6.10. The Morgan fingerprint density at radius 1 is 1.07 bits per heavy atom. The molecule has 0 aliphatic carbocycles. The second-order valence-corrected chi connectivity index (χ2v) is 6.72. The van der Waals surface area contributed by atoms with Crippen LogP contribution in [0.3, 0.4) is 0 Å². The first-order valence-corrected chi connectivity index (χ1v) is 9.10. The van der Waals surface area contributed by atoms with Crippen molar-refractivity contribution >= 4 is 27.7 Å². The molecule has 2 N–H and O–H groups in total. The Balaban J connectivity index is 1.56. The number of carbonyl (C=O) groups excluding carboxylic acids is 2. The van der Waals surface area contributed by atoms with E-state index in [0.29, 0.717) is 5.75 Å². The van der Waals surface area contributed by atoms with E-state index < -0.39 is 23.7 Å². The molecule has 0 bridgehead atoms. The van der Waals surface area contributed by atoms with Crippen molar-refractivity contribution in [2.24, 2.45) is 0 Å². The van der Waals surface area contributed by atoms with Crippen LogP contribution in [0.25, 0.3) is 11.3 Å². The molecule has 0 aliphatic rings. The van der Waals surface area contributed by atoms with Crippen LogP contribution in [0.15, 0.2) is 69.6 Å². The molecule has 1 heterocycles. The lowest BCUT2D eigenvalue weighted by Gasteiger charge is -2.15. The SMILES string of the molecule is CC(Oc1cccc(Br)c1)C(=O)NNC(=O)c1ccc(-c2ccccc2F)o1. The summed E-state index contributed by atoms with van der Waals surface area (Å²) in [7, 11) is 0. The minimum absolute atomic E-state index is 0.0703. The van der Waals surface area contributed by atoms with Gasteiger partial charge >= 0.3 is 5.91 Å². The molecule has 1 atom stereocenters. The van der Waals surface area contributed by atoms with E-state index in [0.717, 1.165) is 4.47 Å². The van der Waals surface area contributed by atoms with Crippen molar-refractivity contribution < 1.29 is 23.1 Å². The summed E-state index contributed by atoms with van der Waals surface area (Å²) in [5.41, 5.74) is 4.75. The number of halogens is 2. The molecule has 0 fully saturated rings. The summed E-state index contributed by atoms with van der Waals surface area (Å²) >= 11 is 3.32. The van der Waals surface area contributed by atoms with Gasteiger partial charge in [0, 0.05) is 4.47 Å². The quantitative estimate of drug-likeness (QED) is 0.578. The molecule has 0 aliphatic heterocycles. The van der Waals surface area contributed by atoms with Crippen molar-refractivity contribution in [3.8, 4) is 17.1 Å². The standard InChI is InChI=1S/C20H16BrFN2O4/c1-12(27-14-6-4-5-13(21)11-14)19(25)23-24-20(26)18-10-9-17(28-18)15-7-2-3-8-16(15)22/h2-12H,1H3,(H,23,25)(H,24,26). The van der Waals surface area contributed by atoms with Crippen molar-refractivity contribution in [2.75, 3.05) is 0 Å². The molecule has 0 saturated heterocycles. The molecule has 144 valence electrons. The Morgan fingerprint density at radius 3 is 2.61 bits per heavy atom. The van der Waals surface area contributed by atoms with Crippen LogP contribution >= 0.6 is 15.9 Å². The number of amides is 2. The van der Waals surface area contributed by atoms with Crippen molar-refractivity contribution in [1.29, 1.82) is 0 Å². The third-order valence-corrected chi connectivity index (χ3v) is 4.24. The minimum Gasteiger partial charge on any atom is -0.481 e. The van der Waals surface area contributed by atoms with Crippen LogP contribution in [0.5, 0.6) is 5.75 Å². The van der Waals surface area contributed by atoms with Gasteiger partial charge < -0.3 is 9.15 Å². The Hall–Kier alpha value is -3.13. The maximum Gasteiger partial charge on any atom is 0.305 e. The number of hydrogen-bond donors (Lipinski definition) is 2. The van der Waals surface area contributed by atoms with E-state index in [4.69, 9.17) is 9.15 Å². The third kappa shape index (κ3) is 4.77. The average molecular weight is 447 g/mol. The summed E-state index contributed by atoms with van der Waals surface area (Å²) in [6.07, 6.45) is -0.847. The van der Waals surface area contributed by atoms with Gasteiger partial charge in [-0.3, -0.25) is 20.4 Å². The lowest BCUT2D eigenvalue weighted by atomic mass is 10.1. The topological polar surface area (TPSA) is 80.6 Å². The Labute approximate surface area is 168 Å². The molecule has 28 heavy (non-hydrogen) atoms. The van der Waals surface area contributed by atoms with E-state index in [1.54, 1.807) is 43.3 Å². The maximum absolute atomic E-state index is 13.8. The number of hydrazine groups is 1. The first kappa shape index (κ1) is 19.6. The molecule has 0 saturated carbocycles. The van der Waals surface area contributed by atoms with E-state index in [2.05, 4.69) is 26.8 Å². The molecule has 3 aromatic rings. The molecule has 1 aromatic heterocycles. The number of carbonyl (C=O) groups is 2. The molecule has 3 rings (SSSR count). The van der Waals surface area contributed by atoms with E-state index in [1.807, 2.05) is 6.07 Å². The largest absolute Gasteiger partial charge is 0.481 e. The van der Waals surface area contributed by atoms with Crippen LogP contribution in [0.4, 0.5) is 4.39 Å². The molecular formula is C20H16BrFN2O4. The third-order valence-electron chi connectivity index (χ3n) is 3.75. The summed E-state index contributed by atoms with van der Waals surface area (Å²) in [6.45, 7) is 1.55. The predicted octanol–water partition coefficient (Wildman–Crippen LogP) is 4.08. The van der Waals surface area contributed by atoms with Crippen molar-refractivity contribution in [3.63, 3.8) is 0 Å². The van der Waals surface area contributed by atoms with Crippen LogP contribution in [-0.2, 0) is 4.79 Å². The molecule has 0 spiro atoms. The first-order valence-electron chi connectivity index (χ1n) is 8.31. The van der Waals surface area contributed by atoms with Gasteiger partial charge in [-0.1, -0.05) is 34.1 Å². The monoisotopic (exact) mass is 446 g/mol. The molecule has 1 unspecified atom stereocenters. The molecule has 2 amide bonds. The highest BCUT2D eigenvalue weighted by atomic mass is 79.9. The fourth-order valence-corrected chi connectivity index (χ4v) is 2.72. The van der Waals surface area contributed by atoms with Crippen molar-refractivity contribution in [2.45, 2.75) is 13.0 Å². The van der Waals surface area contributed by atoms with Crippen LogP contribution in [0.1, 0.15) is 17.5 Å². The van der Waals surface area contributed by atoms with Crippen molar-refractivity contribution in [1.82, 2.24) is 10.9 Å². The molecule has 8 heteroatoms. The highest BCUT2D eigenvalue weighted by Gasteiger charge is 2.18. The normalized spacial score (nSPS) is 11.5. The lowest BCUT2D eigenvalue weighted by Crippen LogP contribution is -2.47. The Morgan fingerprint density at radius 2 is 1.86 bits per heavy atom. The molecular weight excluding hydrogens is 431 g/mol. The van der Waals surface area contributed by atoms with Gasteiger partial charge in [0.2, 0.25) is 0 Å². The Bertz CT molecular complexity index is 1010. The van der Waals surface area contributed by atoms with Gasteiger partial charge in [-0.25, -0.2) is 4.39 Å². The lowest BCUT2D eigenvalue weighted by molar-refractivity contribution is -0.128. The van der Waals surface area contributed by atoms with Crippen LogP contribution in [0, 0.1) is 5.82 Å². The zero-order valence-corrected chi connectivity index (χ0v) is 16.3. The average Bonchev–Trinajstić information content (AvgIpc) is 3.16. The van der Waals surface area contributed by atoms with E-state index in [1.165, 1.54) is 18.2 Å². The van der Waals surface area contributed by atoms with Crippen LogP contribution in [0.2, 0.25) is 0 Å². The highest BCUT2D eigenvalue weighted by molar-refractivity contribution is 9.10. The molecule has 6 nitrogen and oxygen atoms in total. The highest BCUT2D eigenvalue weighted by Crippen LogP contribution is 2.24. The fraction of sp³-hybridized carbons (Fsp3) is 0.100. The fourth-order valence-electron chi connectivity index (χ4n) is 2.35. The zero-order valence-electron chi connectivity index (χ0n) is 14.7. The number of nitrogens with one attached hydrogen (secondary N) is 2. The second kappa shape index (κ2) is 8.71. The van der Waals surface area contributed by atoms with Gasteiger partial charge in [0.1, 0.15) is 17.3 Å². The number of hydrogen-bond acceptors (Lipinski definition) is 4. The van der Waals surface area contributed by atoms with Gasteiger partial charge in [-0.2, -0.15) is 0 Å². The van der Waals surface area contributed by atoms with E-state index in [-0.39, 0.29) is 17.1 Å². The second-order valence-electron chi connectivity index (χ2n) is 5.80. The molecule has 2 aromatic carbocycles. The summed E-state index contributed by atoms with van der Waals surface area (Å²) in [5, 5.41) is 0.